The average molecular weight is 419 g/mol. The van der Waals surface area contributed by atoms with E-state index in [0.717, 1.165) is 5.56 Å². The molecule has 0 amide bonds. The first-order valence-corrected chi connectivity index (χ1v) is 9.73. The first-order valence-electron chi connectivity index (χ1n) is 9.73. The third kappa shape index (κ3) is 5.14. The number of hydrogen-bond acceptors (Lipinski definition) is 6. The van der Waals surface area contributed by atoms with Gasteiger partial charge < -0.3 is 23.4 Å². The molecule has 2 heterocycles. The van der Waals surface area contributed by atoms with Crippen LogP contribution in [0.15, 0.2) is 75.8 Å². The molecular weight excluding hydrogens is 398 g/mol. The van der Waals surface area contributed by atoms with Crippen LogP contribution in [0.5, 0.6) is 11.5 Å². The minimum atomic E-state index is -0.892. The topological polar surface area (TPSA) is 94.9 Å². The Morgan fingerprint density at radius 3 is 2.55 bits per heavy atom. The van der Waals surface area contributed by atoms with Crippen molar-refractivity contribution in [1.82, 2.24) is 4.98 Å². The Balaban J connectivity index is 1.34. The highest BCUT2D eigenvalue weighted by Gasteiger charge is 2.14. The Labute approximate surface area is 178 Å². The fourth-order valence-corrected chi connectivity index (χ4v) is 3.02. The van der Waals surface area contributed by atoms with Crippen molar-refractivity contribution in [2.45, 2.75) is 26.6 Å². The maximum absolute atomic E-state index is 11.0. The molecule has 0 saturated carbocycles. The zero-order valence-corrected chi connectivity index (χ0v) is 16.9. The summed E-state index contributed by atoms with van der Waals surface area (Å²) in [5.41, 5.74) is 2.29. The van der Waals surface area contributed by atoms with Crippen LogP contribution in [0.2, 0.25) is 0 Å². The van der Waals surface area contributed by atoms with E-state index < -0.39 is 5.97 Å². The van der Waals surface area contributed by atoms with E-state index in [0.29, 0.717) is 46.8 Å². The first kappa shape index (κ1) is 20.3. The molecule has 1 N–H and O–H groups in total. The second-order valence-corrected chi connectivity index (χ2v) is 6.90. The lowest BCUT2D eigenvalue weighted by molar-refractivity contribution is -0.136. The summed E-state index contributed by atoms with van der Waals surface area (Å²) in [6, 6.07) is 18.2. The molecule has 0 saturated heterocycles. The van der Waals surface area contributed by atoms with Gasteiger partial charge in [0.2, 0.25) is 0 Å². The summed E-state index contributed by atoms with van der Waals surface area (Å²) in [6.45, 7) is 2.43. The van der Waals surface area contributed by atoms with Crippen LogP contribution >= 0.6 is 0 Å². The van der Waals surface area contributed by atoms with Gasteiger partial charge in [0, 0.05) is 5.56 Å². The lowest BCUT2D eigenvalue weighted by Crippen LogP contribution is -2.04. The predicted molar refractivity (Wildman–Crippen MR) is 112 cm³/mol. The summed E-state index contributed by atoms with van der Waals surface area (Å²) in [7, 11) is 0. The number of aromatic nitrogens is 1. The zero-order valence-electron chi connectivity index (χ0n) is 16.9. The summed E-state index contributed by atoms with van der Waals surface area (Å²) < 4.78 is 22.6. The SMILES string of the molecule is Cc1oc(-c2ccco2)nc1COc1ccc(COc2ccccc2CC(=O)O)cc1. The van der Waals surface area contributed by atoms with E-state index in [4.69, 9.17) is 23.4 Å². The molecule has 0 aliphatic carbocycles. The lowest BCUT2D eigenvalue weighted by Gasteiger charge is -2.11. The van der Waals surface area contributed by atoms with E-state index in [1.165, 1.54) is 0 Å². The number of carboxylic acids is 1. The Hall–Kier alpha value is -4.00. The molecule has 0 spiro atoms. The van der Waals surface area contributed by atoms with Crippen LogP contribution in [0.25, 0.3) is 11.7 Å². The van der Waals surface area contributed by atoms with Gasteiger partial charge in [0.25, 0.3) is 5.89 Å². The molecule has 0 atom stereocenters. The fourth-order valence-electron chi connectivity index (χ4n) is 3.02. The second-order valence-electron chi connectivity index (χ2n) is 6.90. The van der Waals surface area contributed by atoms with Crippen molar-refractivity contribution < 1.29 is 28.2 Å². The standard InChI is InChI=1S/C24H21NO6/c1-16-20(25-24(31-16)22-7-4-12-28-22)15-29-19-10-8-17(9-11-19)14-30-21-6-3-2-5-18(21)13-23(26)27/h2-12H,13-15H2,1H3,(H,26,27). The van der Waals surface area contributed by atoms with Crippen LogP contribution in [-0.4, -0.2) is 16.1 Å². The first-order chi connectivity index (χ1) is 15.1. The summed E-state index contributed by atoms with van der Waals surface area (Å²) in [5, 5.41) is 9.02. The second kappa shape index (κ2) is 9.21. The number of nitrogens with zero attached hydrogens (tertiary/aromatic N) is 1. The maximum Gasteiger partial charge on any atom is 0.307 e. The number of furan rings is 1. The molecule has 0 aliphatic heterocycles. The molecule has 0 unspecified atom stereocenters. The molecule has 0 fully saturated rings. The lowest BCUT2D eigenvalue weighted by atomic mass is 10.1. The number of aryl methyl sites for hydroxylation is 1. The van der Waals surface area contributed by atoms with E-state index in [-0.39, 0.29) is 13.0 Å². The predicted octanol–water partition coefficient (Wildman–Crippen LogP) is 5.03. The minimum absolute atomic E-state index is 0.0773. The van der Waals surface area contributed by atoms with Gasteiger partial charge in [-0.05, 0) is 42.8 Å². The van der Waals surface area contributed by atoms with Crippen molar-refractivity contribution >= 4 is 5.97 Å². The van der Waals surface area contributed by atoms with E-state index >= 15 is 0 Å². The van der Waals surface area contributed by atoms with Crippen LogP contribution in [0.4, 0.5) is 0 Å². The van der Waals surface area contributed by atoms with Crippen molar-refractivity contribution in [3.8, 4) is 23.1 Å². The third-order valence-electron chi connectivity index (χ3n) is 4.63. The van der Waals surface area contributed by atoms with Gasteiger partial charge in [0.15, 0.2) is 5.76 Å². The fraction of sp³-hybridized carbons (Fsp3) is 0.167. The van der Waals surface area contributed by atoms with Gasteiger partial charge in [-0.15, -0.1) is 0 Å². The van der Waals surface area contributed by atoms with E-state index in [1.54, 1.807) is 36.6 Å². The number of oxazole rings is 1. The largest absolute Gasteiger partial charge is 0.489 e. The number of rotatable bonds is 9. The van der Waals surface area contributed by atoms with Gasteiger partial charge >= 0.3 is 5.97 Å². The number of benzene rings is 2. The number of carboxylic acid groups (broad SMARTS) is 1. The maximum atomic E-state index is 11.0. The highest BCUT2D eigenvalue weighted by atomic mass is 16.5. The number of para-hydroxylation sites is 1. The van der Waals surface area contributed by atoms with Gasteiger partial charge in [-0.1, -0.05) is 30.3 Å². The van der Waals surface area contributed by atoms with Crippen LogP contribution < -0.4 is 9.47 Å². The van der Waals surface area contributed by atoms with Gasteiger partial charge in [0.1, 0.15) is 36.2 Å². The molecule has 4 rings (SSSR count). The Kier molecular flexibility index (Phi) is 6.03. The number of ether oxygens (including phenoxy) is 2. The summed E-state index contributed by atoms with van der Waals surface area (Å²) in [6.07, 6.45) is 1.49. The highest BCUT2D eigenvalue weighted by Crippen LogP contribution is 2.24. The molecule has 7 nitrogen and oxygen atoms in total. The molecular formula is C24H21NO6. The van der Waals surface area contributed by atoms with E-state index in [1.807, 2.05) is 37.3 Å². The number of aliphatic carboxylic acids is 1. The molecule has 2 aromatic carbocycles. The van der Waals surface area contributed by atoms with Crippen molar-refractivity contribution in [3.63, 3.8) is 0 Å². The Morgan fingerprint density at radius 2 is 1.81 bits per heavy atom. The summed E-state index contributed by atoms with van der Waals surface area (Å²) in [5.74, 6) is 2.05. The normalized spacial score (nSPS) is 10.7. The molecule has 2 aromatic heterocycles. The third-order valence-corrected chi connectivity index (χ3v) is 4.63. The van der Waals surface area contributed by atoms with Gasteiger partial charge in [0.05, 0.1) is 12.7 Å². The summed E-state index contributed by atoms with van der Waals surface area (Å²) in [4.78, 5) is 15.4. The molecule has 4 aromatic rings. The van der Waals surface area contributed by atoms with Crippen molar-refractivity contribution in [2.24, 2.45) is 0 Å². The average Bonchev–Trinajstić information content (AvgIpc) is 3.42. The zero-order chi connectivity index (χ0) is 21.6. The van der Waals surface area contributed by atoms with Crippen LogP contribution in [-0.2, 0) is 24.4 Å². The monoisotopic (exact) mass is 419 g/mol. The molecule has 158 valence electrons. The van der Waals surface area contributed by atoms with Crippen LogP contribution in [0.1, 0.15) is 22.6 Å². The number of carbonyl (C=O) groups is 1. The molecule has 0 radical (unpaired) electrons. The highest BCUT2D eigenvalue weighted by molar-refractivity contribution is 5.71. The van der Waals surface area contributed by atoms with E-state index in [2.05, 4.69) is 4.98 Å². The van der Waals surface area contributed by atoms with Crippen molar-refractivity contribution in [1.29, 1.82) is 0 Å². The Morgan fingerprint density at radius 1 is 1.00 bits per heavy atom. The van der Waals surface area contributed by atoms with Crippen molar-refractivity contribution in [3.05, 3.63) is 89.5 Å². The Bertz CT molecular complexity index is 1150. The van der Waals surface area contributed by atoms with Gasteiger partial charge in [-0.25, -0.2) is 4.98 Å². The quantitative estimate of drug-likeness (QED) is 0.407. The minimum Gasteiger partial charge on any atom is -0.489 e. The van der Waals surface area contributed by atoms with E-state index in [9.17, 15) is 4.79 Å². The number of hydrogen-bond donors (Lipinski definition) is 1. The molecule has 31 heavy (non-hydrogen) atoms. The van der Waals surface area contributed by atoms with Gasteiger partial charge in [-0.2, -0.15) is 0 Å². The smallest absolute Gasteiger partial charge is 0.307 e. The van der Waals surface area contributed by atoms with Crippen molar-refractivity contribution in [2.75, 3.05) is 0 Å². The molecule has 0 aliphatic rings. The molecule has 7 heteroatoms. The van der Waals surface area contributed by atoms with Crippen LogP contribution in [0, 0.1) is 6.92 Å². The van der Waals surface area contributed by atoms with Gasteiger partial charge in [-0.3, -0.25) is 4.79 Å². The van der Waals surface area contributed by atoms with Crippen LogP contribution in [0.3, 0.4) is 0 Å². The molecule has 0 bridgehead atoms. The summed E-state index contributed by atoms with van der Waals surface area (Å²) >= 11 is 0.